The summed E-state index contributed by atoms with van der Waals surface area (Å²) in [5, 5.41) is 3.37. The third kappa shape index (κ3) is 5.72. The van der Waals surface area contributed by atoms with Crippen molar-refractivity contribution < 1.29 is 4.79 Å². The van der Waals surface area contributed by atoms with E-state index in [9.17, 15) is 4.79 Å². The summed E-state index contributed by atoms with van der Waals surface area (Å²) in [7, 11) is 3.61. The molecule has 1 aliphatic carbocycles. The molecule has 5 nitrogen and oxygen atoms in total. The molecule has 2 rings (SSSR count). The van der Waals surface area contributed by atoms with Crippen molar-refractivity contribution in [1.29, 1.82) is 0 Å². The van der Waals surface area contributed by atoms with Crippen LogP contribution >= 0.6 is 36.4 Å². The Morgan fingerprint density at radius 1 is 1.22 bits per heavy atom. The SMILES string of the molecule is CN(NSCC(=O)NN(C)C(=S)C1CC1)C(=S)c1ccccc1. The van der Waals surface area contributed by atoms with Crippen molar-refractivity contribution in [3.8, 4) is 0 Å². The van der Waals surface area contributed by atoms with E-state index in [-0.39, 0.29) is 11.7 Å². The minimum atomic E-state index is -0.105. The average molecular weight is 369 g/mol. The van der Waals surface area contributed by atoms with Gasteiger partial charge in [0, 0.05) is 25.6 Å². The van der Waals surface area contributed by atoms with Gasteiger partial charge in [-0.05, 0) is 12.8 Å². The van der Waals surface area contributed by atoms with Gasteiger partial charge in [-0.2, -0.15) is 4.83 Å². The minimum Gasteiger partial charge on any atom is -0.291 e. The lowest BCUT2D eigenvalue weighted by molar-refractivity contribution is -0.121. The maximum absolute atomic E-state index is 11.9. The number of nitrogens with one attached hydrogen (secondary N) is 2. The molecule has 0 bridgehead atoms. The molecule has 1 aliphatic rings. The highest BCUT2D eigenvalue weighted by Gasteiger charge is 2.29. The summed E-state index contributed by atoms with van der Waals surface area (Å²) in [6, 6.07) is 9.72. The molecule has 0 aliphatic heterocycles. The molecule has 0 spiro atoms. The van der Waals surface area contributed by atoms with Crippen LogP contribution < -0.4 is 10.3 Å². The number of hydrogen-bond donors (Lipinski definition) is 2. The van der Waals surface area contributed by atoms with Gasteiger partial charge in [0.2, 0.25) is 5.91 Å². The highest BCUT2D eigenvalue weighted by Crippen LogP contribution is 2.31. The first-order chi connectivity index (χ1) is 11.0. The molecule has 0 saturated heterocycles. The predicted molar refractivity (Wildman–Crippen MR) is 103 cm³/mol. The maximum Gasteiger partial charge on any atom is 0.249 e. The first-order valence-electron chi connectivity index (χ1n) is 7.26. The Balaban J connectivity index is 1.68. The van der Waals surface area contributed by atoms with Crippen LogP contribution in [0.3, 0.4) is 0 Å². The number of hydrazine groups is 2. The second-order valence-electron chi connectivity index (χ2n) is 5.32. The fraction of sp³-hybridized carbons (Fsp3) is 0.400. The zero-order valence-corrected chi connectivity index (χ0v) is 15.6. The van der Waals surface area contributed by atoms with Crippen LogP contribution in [0.25, 0.3) is 0 Å². The molecule has 8 heteroatoms. The van der Waals surface area contributed by atoms with Crippen LogP contribution in [0.1, 0.15) is 18.4 Å². The Hall–Kier alpha value is -1.22. The molecule has 1 aromatic carbocycles. The van der Waals surface area contributed by atoms with Crippen LogP contribution in [-0.2, 0) is 4.79 Å². The van der Waals surface area contributed by atoms with E-state index in [0.717, 1.165) is 23.4 Å². The van der Waals surface area contributed by atoms with Gasteiger partial charge in [0.05, 0.1) is 10.7 Å². The van der Waals surface area contributed by atoms with E-state index in [4.69, 9.17) is 24.4 Å². The van der Waals surface area contributed by atoms with E-state index in [1.54, 1.807) is 17.1 Å². The Kier molecular flexibility index (Phi) is 6.76. The maximum atomic E-state index is 11.9. The lowest BCUT2D eigenvalue weighted by Crippen LogP contribution is -2.44. The minimum absolute atomic E-state index is 0.105. The van der Waals surface area contributed by atoms with Crippen molar-refractivity contribution in [3.63, 3.8) is 0 Å². The molecule has 23 heavy (non-hydrogen) atoms. The van der Waals surface area contributed by atoms with E-state index < -0.39 is 0 Å². The number of carbonyl (C=O) groups is 1. The van der Waals surface area contributed by atoms with Crippen LogP contribution in [0, 0.1) is 5.92 Å². The van der Waals surface area contributed by atoms with Gasteiger partial charge in [-0.3, -0.25) is 20.2 Å². The molecule has 2 N–H and O–H groups in total. The zero-order valence-electron chi connectivity index (χ0n) is 13.1. The van der Waals surface area contributed by atoms with Gasteiger partial charge in [-0.25, -0.2) is 0 Å². The Morgan fingerprint density at radius 2 is 1.87 bits per heavy atom. The number of carbonyl (C=O) groups excluding carboxylic acids is 1. The van der Waals surface area contributed by atoms with Crippen molar-refractivity contribution in [3.05, 3.63) is 35.9 Å². The first-order valence-corrected chi connectivity index (χ1v) is 9.07. The van der Waals surface area contributed by atoms with Crippen molar-refractivity contribution in [2.75, 3.05) is 19.8 Å². The van der Waals surface area contributed by atoms with Crippen molar-refractivity contribution in [1.82, 2.24) is 20.3 Å². The van der Waals surface area contributed by atoms with Crippen LogP contribution in [0.15, 0.2) is 30.3 Å². The fourth-order valence-corrected chi connectivity index (χ4v) is 2.96. The van der Waals surface area contributed by atoms with Crippen LogP contribution in [-0.4, -0.2) is 45.8 Å². The number of benzene rings is 1. The summed E-state index contributed by atoms with van der Waals surface area (Å²) < 4.78 is 0. The molecular formula is C15H20N4OS3. The molecule has 124 valence electrons. The highest BCUT2D eigenvalue weighted by molar-refractivity contribution is 7.98. The third-order valence-electron chi connectivity index (χ3n) is 3.28. The molecule has 0 aromatic heterocycles. The summed E-state index contributed by atoms with van der Waals surface area (Å²) in [6.45, 7) is 0. The largest absolute Gasteiger partial charge is 0.291 e. The number of hydrogen-bond acceptors (Lipinski definition) is 5. The van der Waals surface area contributed by atoms with E-state index in [2.05, 4.69) is 10.3 Å². The van der Waals surface area contributed by atoms with Crippen LogP contribution in [0.4, 0.5) is 0 Å². The Labute approximate surface area is 151 Å². The average Bonchev–Trinajstić information content (AvgIpc) is 3.38. The lowest BCUT2D eigenvalue weighted by Gasteiger charge is -2.22. The second-order valence-corrected chi connectivity index (χ2v) is 6.88. The van der Waals surface area contributed by atoms with Gasteiger partial charge >= 0.3 is 0 Å². The molecule has 1 aromatic rings. The Morgan fingerprint density at radius 3 is 2.48 bits per heavy atom. The molecule has 0 heterocycles. The molecule has 0 unspecified atom stereocenters. The predicted octanol–water partition coefficient (Wildman–Crippen LogP) is 2.15. The zero-order chi connectivity index (χ0) is 16.8. The standard InChI is InChI=1S/C15H20N4OS3/c1-18(14(21)12-8-9-12)16-13(20)10-23-17-19(2)15(22)11-6-4-3-5-7-11/h3-7,12,17H,8-10H2,1-2H3,(H,16,20). The van der Waals surface area contributed by atoms with E-state index in [1.807, 2.05) is 37.4 Å². The number of amides is 1. The van der Waals surface area contributed by atoms with Gasteiger partial charge in [-0.1, -0.05) is 66.7 Å². The highest BCUT2D eigenvalue weighted by atomic mass is 32.2. The number of nitrogens with zero attached hydrogens (tertiary/aromatic N) is 2. The molecule has 1 saturated carbocycles. The van der Waals surface area contributed by atoms with Gasteiger partial charge in [-0.15, -0.1) is 0 Å². The monoisotopic (exact) mass is 368 g/mol. The normalized spacial score (nSPS) is 13.3. The van der Waals surface area contributed by atoms with Crippen LogP contribution in [0.2, 0.25) is 0 Å². The molecule has 1 amide bonds. The lowest BCUT2D eigenvalue weighted by atomic mass is 10.2. The summed E-state index contributed by atoms with van der Waals surface area (Å²) in [4.78, 5) is 16.4. The van der Waals surface area contributed by atoms with Gasteiger partial charge in [0.25, 0.3) is 0 Å². The van der Waals surface area contributed by atoms with Gasteiger partial charge < -0.3 is 0 Å². The smallest absolute Gasteiger partial charge is 0.249 e. The molecule has 0 atom stereocenters. The van der Waals surface area contributed by atoms with E-state index >= 15 is 0 Å². The molecule has 1 fully saturated rings. The summed E-state index contributed by atoms with van der Waals surface area (Å²) >= 11 is 12.0. The van der Waals surface area contributed by atoms with Crippen molar-refractivity contribution >= 4 is 52.3 Å². The number of rotatable bonds is 6. The quantitative estimate of drug-likeness (QED) is 0.453. The fourth-order valence-electron chi connectivity index (χ4n) is 1.89. The summed E-state index contributed by atoms with van der Waals surface area (Å²) in [5.74, 6) is 0.613. The first kappa shape index (κ1) is 18.1. The summed E-state index contributed by atoms with van der Waals surface area (Å²) in [6.07, 6.45) is 2.24. The van der Waals surface area contributed by atoms with Crippen molar-refractivity contribution in [2.24, 2.45) is 5.92 Å². The van der Waals surface area contributed by atoms with Gasteiger partial charge in [0.15, 0.2) is 0 Å². The van der Waals surface area contributed by atoms with Crippen LogP contribution in [0.5, 0.6) is 0 Å². The van der Waals surface area contributed by atoms with E-state index in [1.165, 1.54) is 11.9 Å². The Bertz CT molecular complexity index is 577. The summed E-state index contributed by atoms with van der Waals surface area (Å²) in [5.41, 5.74) is 3.73. The number of thiocarbonyl (C=S) groups is 2. The topological polar surface area (TPSA) is 47.6 Å². The van der Waals surface area contributed by atoms with E-state index in [0.29, 0.717) is 10.9 Å². The second kappa shape index (κ2) is 8.58. The third-order valence-corrected chi connectivity index (χ3v) is 5.21. The molecule has 0 radical (unpaired) electrons. The van der Waals surface area contributed by atoms with Crippen molar-refractivity contribution in [2.45, 2.75) is 12.8 Å². The molecular weight excluding hydrogens is 348 g/mol. The van der Waals surface area contributed by atoms with Gasteiger partial charge in [0.1, 0.15) is 4.99 Å².